The minimum Gasteiger partial charge on any atom is -0.306 e. The molecule has 0 spiro atoms. The fourth-order valence-electron chi connectivity index (χ4n) is 1.05. The topological polar surface area (TPSA) is 82.0 Å². The van der Waals surface area contributed by atoms with Gasteiger partial charge in [-0.25, -0.2) is 4.79 Å². The third kappa shape index (κ3) is 3.91. The standard InChI is InChI=1S/C11H9Cl2N3O2/c1-6(12)10(17)16-11(18)15-9-3-2-7(5-14)4-8(9)13/h2-4,6H,1H3,(H2,15,16,17,18). The van der Waals surface area contributed by atoms with Crippen LogP contribution < -0.4 is 10.6 Å². The molecule has 1 unspecified atom stereocenters. The molecule has 1 aromatic carbocycles. The van der Waals surface area contributed by atoms with Gasteiger partial charge in [-0.3, -0.25) is 10.1 Å². The van der Waals surface area contributed by atoms with Crippen molar-refractivity contribution in [2.24, 2.45) is 0 Å². The van der Waals surface area contributed by atoms with Gasteiger partial charge in [-0.1, -0.05) is 11.6 Å². The molecule has 0 fully saturated rings. The third-order valence-corrected chi connectivity index (χ3v) is 2.46. The average Bonchev–Trinajstić information content (AvgIpc) is 2.31. The van der Waals surface area contributed by atoms with Crippen LogP contribution in [0.3, 0.4) is 0 Å². The number of nitriles is 1. The van der Waals surface area contributed by atoms with Crippen LogP contribution in [-0.2, 0) is 4.79 Å². The Morgan fingerprint density at radius 3 is 2.61 bits per heavy atom. The number of hydrogen-bond acceptors (Lipinski definition) is 3. The average molecular weight is 286 g/mol. The summed E-state index contributed by atoms with van der Waals surface area (Å²) in [5, 5.41) is 12.5. The van der Waals surface area contributed by atoms with Crippen LogP contribution in [0.5, 0.6) is 0 Å². The minimum absolute atomic E-state index is 0.204. The van der Waals surface area contributed by atoms with Crippen LogP contribution in [0.1, 0.15) is 12.5 Å². The molecule has 18 heavy (non-hydrogen) atoms. The van der Waals surface area contributed by atoms with Gasteiger partial charge in [0, 0.05) is 0 Å². The van der Waals surface area contributed by atoms with Crippen LogP contribution in [0.4, 0.5) is 10.5 Å². The lowest BCUT2D eigenvalue weighted by Crippen LogP contribution is -2.38. The zero-order valence-corrected chi connectivity index (χ0v) is 10.8. The largest absolute Gasteiger partial charge is 0.325 e. The summed E-state index contributed by atoms with van der Waals surface area (Å²) < 4.78 is 0. The second kappa shape index (κ2) is 6.24. The quantitative estimate of drug-likeness (QED) is 0.819. The number of carbonyl (C=O) groups excluding carboxylic acids is 2. The first-order valence-corrected chi connectivity index (χ1v) is 5.71. The molecule has 0 heterocycles. The number of nitrogens with zero attached hydrogens (tertiary/aromatic N) is 1. The fourth-order valence-corrected chi connectivity index (χ4v) is 1.33. The van der Waals surface area contributed by atoms with Gasteiger partial charge < -0.3 is 5.32 Å². The maximum absolute atomic E-state index is 11.4. The molecule has 1 atom stereocenters. The first-order chi connectivity index (χ1) is 8.43. The third-order valence-electron chi connectivity index (χ3n) is 1.94. The van der Waals surface area contributed by atoms with Crippen molar-refractivity contribution in [3.63, 3.8) is 0 Å². The van der Waals surface area contributed by atoms with Gasteiger partial charge in [-0.15, -0.1) is 11.6 Å². The number of rotatable bonds is 2. The number of carbonyl (C=O) groups is 2. The molecule has 0 radical (unpaired) electrons. The van der Waals surface area contributed by atoms with E-state index in [1.54, 1.807) is 0 Å². The number of benzene rings is 1. The highest BCUT2D eigenvalue weighted by atomic mass is 35.5. The summed E-state index contributed by atoms with van der Waals surface area (Å²) in [6, 6.07) is 5.54. The molecule has 0 aliphatic heterocycles. The Balaban J connectivity index is 2.71. The highest BCUT2D eigenvalue weighted by Crippen LogP contribution is 2.22. The first-order valence-electron chi connectivity index (χ1n) is 4.89. The van der Waals surface area contributed by atoms with Gasteiger partial charge in [0.15, 0.2) is 0 Å². The molecule has 3 amide bonds. The van der Waals surface area contributed by atoms with Crippen LogP contribution in [0.25, 0.3) is 0 Å². The summed E-state index contributed by atoms with van der Waals surface area (Å²) in [6.07, 6.45) is 0. The number of anilines is 1. The Morgan fingerprint density at radius 1 is 1.44 bits per heavy atom. The summed E-state index contributed by atoms with van der Waals surface area (Å²) in [5.41, 5.74) is 0.666. The lowest BCUT2D eigenvalue weighted by atomic mass is 10.2. The zero-order chi connectivity index (χ0) is 13.7. The van der Waals surface area contributed by atoms with Crippen molar-refractivity contribution in [1.82, 2.24) is 5.32 Å². The molecule has 0 saturated heterocycles. The number of halogens is 2. The molecular formula is C11H9Cl2N3O2. The molecule has 0 bridgehead atoms. The molecule has 1 rings (SSSR count). The number of urea groups is 1. The van der Waals surface area contributed by atoms with E-state index >= 15 is 0 Å². The molecule has 0 aliphatic carbocycles. The monoisotopic (exact) mass is 285 g/mol. The predicted molar refractivity (Wildman–Crippen MR) is 68.6 cm³/mol. The van der Waals surface area contributed by atoms with Crippen LogP contribution in [0.2, 0.25) is 5.02 Å². The molecular weight excluding hydrogens is 277 g/mol. The molecule has 5 nitrogen and oxygen atoms in total. The van der Waals surface area contributed by atoms with Gasteiger partial charge in [0.25, 0.3) is 0 Å². The van der Waals surface area contributed by atoms with Crippen molar-refractivity contribution in [3.8, 4) is 6.07 Å². The SMILES string of the molecule is CC(Cl)C(=O)NC(=O)Nc1ccc(C#N)cc1Cl. The van der Waals surface area contributed by atoms with E-state index in [1.165, 1.54) is 25.1 Å². The van der Waals surface area contributed by atoms with E-state index in [-0.39, 0.29) is 5.02 Å². The number of hydrogen-bond donors (Lipinski definition) is 2. The van der Waals surface area contributed by atoms with Gasteiger partial charge in [-0.2, -0.15) is 5.26 Å². The van der Waals surface area contributed by atoms with E-state index in [4.69, 9.17) is 28.5 Å². The molecule has 0 aromatic heterocycles. The van der Waals surface area contributed by atoms with Crippen LogP contribution in [-0.4, -0.2) is 17.3 Å². The van der Waals surface area contributed by atoms with Gasteiger partial charge >= 0.3 is 6.03 Å². The number of imide groups is 1. The molecule has 0 saturated carbocycles. The summed E-state index contributed by atoms with van der Waals surface area (Å²) in [5.74, 6) is -0.612. The predicted octanol–water partition coefficient (Wildman–Crippen LogP) is 2.49. The first kappa shape index (κ1) is 14.3. The Kier molecular flexibility index (Phi) is 4.95. The number of nitrogens with one attached hydrogen (secondary N) is 2. The lowest BCUT2D eigenvalue weighted by molar-refractivity contribution is -0.119. The van der Waals surface area contributed by atoms with Crippen molar-refractivity contribution in [2.45, 2.75) is 12.3 Å². The van der Waals surface area contributed by atoms with E-state index < -0.39 is 17.3 Å². The van der Waals surface area contributed by atoms with Crippen molar-refractivity contribution >= 4 is 40.8 Å². The molecule has 0 aliphatic rings. The molecule has 1 aromatic rings. The summed E-state index contributed by atoms with van der Waals surface area (Å²) in [6.45, 7) is 1.44. The fraction of sp³-hybridized carbons (Fsp3) is 0.182. The molecule has 94 valence electrons. The van der Waals surface area contributed by atoms with Crippen molar-refractivity contribution in [1.29, 1.82) is 5.26 Å². The van der Waals surface area contributed by atoms with Crippen LogP contribution in [0.15, 0.2) is 18.2 Å². The number of amides is 3. The molecule has 7 heteroatoms. The summed E-state index contributed by atoms with van der Waals surface area (Å²) >= 11 is 11.3. The highest BCUT2D eigenvalue weighted by Gasteiger charge is 2.13. The second-order valence-corrected chi connectivity index (χ2v) is 4.43. The normalized spacial score (nSPS) is 11.2. The summed E-state index contributed by atoms with van der Waals surface area (Å²) in [7, 11) is 0. The molecule has 2 N–H and O–H groups in total. The maximum Gasteiger partial charge on any atom is 0.325 e. The Labute approximate surface area is 114 Å². The Bertz CT molecular complexity index is 524. The van der Waals surface area contributed by atoms with Gasteiger partial charge in [0.2, 0.25) is 5.91 Å². The maximum atomic E-state index is 11.4. The van der Waals surface area contributed by atoms with E-state index in [0.29, 0.717) is 11.3 Å². The smallest absolute Gasteiger partial charge is 0.306 e. The minimum atomic E-state index is -0.813. The van der Waals surface area contributed by atoms with Gasteiger partial charge in [0.05, 0.1) is 22.3 Å². The lowest BCUT2D eigenvalue weighted by Gasteiger charge is -2.09. The van der Waals surface area contributed by atoms with Crippen molar-refractivity contribution < 1.29 is 9.59 Å². The zero-order valence-electron chi connectivity index (χ0n) is 9.33. The van der Waals surface area contributed by atoms with E-state index in [0.717, 1.165) is 0 Å². The summed E-state index contributed by atoms with van der Waals surface area (Å²) in [4.78, 5) is 22.6. The highest BCUT2D eigenvalue weighted by molar-refractivity contribution is 6.34. The van der Waals surface area contributed by atoms with Crippen molar-refractivity contribution in [3.05, 3.63) is 28.8 Å². The van der Waals surface area contributed by atoms with E-state index in [9.17, 15) is 9.59 Å². The van der Waals surface area contributed by atoms with E-state index in [2.05, 4.69) is 5.32 Å². The van der Waals surface area contributed by atoms with E-state index in [1.807, 2.05) is 11.4 Å². The second-order valence-electron chi connectivity index (χ2n) is 3.37. The Hall–Kier alpha value is -1.77. The Morgan fingerprint density at radius 2 is 2.11 bits per heavy atom. The van der Waals surface area contributed by atoms with Crippen molar-refractivity contribution in [2.75, 3.05) is 5.32 Å². The van der Waals surface area contributed by atoms with Gasteiger partial charge in [0.1, 0.15) is 5.38 Å². The number of alkyl halides is 1. The van der Waals surface area contributed by atoms with Crippen LogP contribution in [0, 0.1) is 11.3 Å². The van der Waals surface area contributed by atoms with Crippen LogP contribution >= 0.6 is 23.2 Å². The van der Waals surface area contributed by atoms with Gasteiger partial charge in [-0.05, 0) is 25.1 Å².